The summed E-state index contributed by atoms with van der Waals surface area (Å²) in [4.78, 5) is 51.0. The van der Waals surface area contributed by atoms with E-state index in [1.807, 2.05) is 0 Å². The number of carbonyl (C=O) groups excluding carboxylic acids is 4. The van der Waals surface area contributed by atoms with E-state index in [1.165, 1.54) is 12.0 Å². The Kier molecular flexibility index (Phi) is 5.11. The second-order valence-electron chi connectivity index (χ2n) is 6.03. The summed E-state index contributed by atoms with van der Waals surface area (Å²) in [6, 6.07) is 5.82. The molecule has 2 heterocycles. The van der Waals surface area contributed by atoms with Gasteiger partial charge in [-0.15, -0.1) is 0 Å². The number of ether oxygens (including phenoxy) is 2. The number of nitrogens with zero attached hydrogens (tertiary/aromatic N) is 1. The minimum atomic E-state index is -0.894. The molecule has 1 atom stereocenters. The van der Waals surface area contributed by atoms with E-state index in [0.29, 0.717) is 24.5 Å². The summed E-state index contributed by atoms with van der Waals surface area (Å²) in [5.74, 6) is -1.85. The topological polar surface area (TPSA) is 114 Å². The Morgan fingerprint density at radius 3 is 2.52 bits per heavy atom. The van der Waals surface area contributed by atoms with Crippen LogP contribution in [0.4, 0.5) is 5.69 Å². The van der Waals surface area contributed by atoms with Gasteiger partial charge in [-0.25, -0.2) is 4.79 Å². The first kappa shape index (κ1) is 18.4. The van der Waals surface area contributed by atoms with Gasteiger partial charge in [0.05, 0.1) is 14.2 Å². The zero-order valence-electron chi connectivity index (χ0n) is 14.9. The molecule has 142 valence electrons. The van der Waals surface area contributed by atoms with Crippen LogP contribution < -0.4 is 15.4 Å². The molecule has 0 saturated carbocycles. The third-order valence-electron chi connectivity index (χ3n) is 4.46. The summed E-state index contributed by atoms with van der Waals surface area (Å²) in [6.45, 7) is 0.604. The van der Waals surface area contributed by atoms with Gasteiger partial charge >= 0.3 is 5.97 Å². The quantitative estimate of drug-likeness (QED) is 0.556. The number of Topliss-reactive ketones (excluding diaryl/α,β-unsaturated/α-hetero) is 1. The molecule has 3 rings (SSSR count). The lowest BCUT2D eigenvalue weighted by atomic mass is 9.92. The van der Waals surface area contributed by atoms with Crippen LogP contribution in [-0.2, 0) is 23.9 Å². The van der Waals surface area contributed by atoms with E-state index in [-0.39, 0.29) is 17.7 Å². The molecular formula is C18H19N3O6. The first-order valence-corrected chi connectivity index (χ1v) is 8.31. The molecule has 1 aromatic carbocycles. The first-order chi connectivity index (χ1) is 13.0. The highest BCUT2D eigenvalue weighted by Gasteiger charge is 2.44. The predicted molar refractivity (Wildman–Crippen MR) is 93.8 cm³/mol. The van der Waals surface area contributed by atoms with E-state index in [4.69, 9.17) is 4.74 Å². The summed E-state index contributed by atoms with van der Waals surface area (Å²) in [5, 5.41) is 5.32. The molecule has 1 aromatic rings. The van der Waals surface area contributed by atoms with Crippen LogP contribution in [-0.4, -0.2) is 61.8 Å². The average Bonchev–Trinajstić information content (AvgIpc) is 2.68. The fraction of sp³-hybridized carbons (Fsp3) is 0.333. The number of benzene rings is 1. The number of anilines is 1. The molecule has 2 aliphatic rings. The number of nitrogens with one attached hydrogen (secondary N) is 2. The molecule has 1 saturated heterocycles. The Labute approximate surface area is 155 Å². The fourth-order valence-corrected chi connectivity index (χ4v) is 3.15. The van der Waals surface area contributed by atoms with Crippen LogP contribution in [0.15, 0.2) is 35.5 Å². The summed E-state index contributed by atoms with van der Waals surface area (Å²) >= 11 is 0. The van der Waals surface area contributed by atoms with Gasteiger partial charge < -0.3 is 25.0 Å². The van der Waals surface area contributed by atoms with Crippen molar-refractivity contribution in [1.29, 1.82) is 0 Å². The third kappa shape index (κ3) is 3.48. The van der Waals surface area contributed by atoms with Crippen LogP contribution >= 0.6 is 0 Å². The molecule has 0 aromatic heterocycles. The number of ketones is 1. The molecular weight excluding hydrogens is 354 g/mol. The van der Waals surface area contributed by atoms with Crippen molar-refractivity contribution < 1.29 is 28.7 Å². The monoisotopic (exact) mass is 373 g/mol. The Morgan fingerprint density at radius 2 is 1.89 bits per heavy atom. The van der Waals surface area contributed by atoms with Crippen LogP contribution in [0.25, 0.3) is 0 Å². The molecule has 2 N–H and O–H groups in total. The SMILES string of the molecule is COC(=O)C1=C2C(=O)NCCN2C(C(=O)Nc2ccc(OC)cc2)CC1=O. The lowest BCUT2D eigenvalue weighted by Crippen LogP contribution is -2.57. The Balaban J connectivity index is 1.89. The van der Waals surface area contributed by atoms with Crippen molar-refractivity contribution in [2.45, 2.75) is 12.5 Å². The number of piperazine rings is 1. The summed E-state index contributed by atoms with van der Waals surface area (Å²) < 4.78 is 9.71. The van der Waals surface area contributed by atoms with Crippen molar-refractivity contribution in [3.63, 3.8) is 0 Å². The third-order valence-corrected chi connectivity index (χ3v) is 4.46. The van der Waals surface area contributed by atoms with Crippen LogP contribution in [0.2, 0.25) is 0 Å². The van der Waals surface area contributed by atoms with Gasteiger partial charge in [0.1, 0.15) is 23.1 Å². The van der Waals surface area contributed by atoms with Crippen molar-refractivity contribution in [3.05, 3.63) is 35.5 Å². The minimum absolute atomic E-state index is 0.112. The predicted octanol–water partition coefficient (Wildman–Crippen LogP) is -0.166. The molecule has 9 heteroatoms. The van der Waals surface area contributed by atoms with Gasteiger partial charge in [0.25, 0.3) is 5.91 Å². The van der Waals surface area contributed by atoms with E-state index in [2.05, 4.69) is 15.4 Å². The zero-order chi connectivity index (χ0) is 19.6. The van der Waals surface area contributed by atoms with E-state index < -0.39 is 29.6 Å². The van der Waals surface area contributed by atoms with Crippen molar-refractivity contribution in [2.75, 3.05) is 32.6 Å². The van der Waals surface area contributed by atoms with Gasteiger partial charge in [0.15, 0.2) is 5.78 Å². The highest BCUT2D eigenvalue weighted by molar-refractivity contribution is 6.24. The van der Waals surface area contributed by atoms with Crippen molar-refractivity contribution in [2.24, 2.45) is 0 Å². The normalized spacial score (nSPS) is 19.2. The number of methoxy groups -OCH3 is 2. The molecule has 27 heavy (non-hydrogen) atoms. The van der Waals surface area contributed by atoms with E-state index >= 15 is 0 Å². The molecule has 0 spiro atoms. The number of rotatable bonds is 4. The van der Waals surface area contributed by atoms with Crippen LogP contribution in [0, 0.1) is 0 Å². The molecule has 2 amide bonds. The van der Waals surface area contributed by atoms with Crippen molar-refractivity contribution >= 4 is 29.3 Å². The number of esters is 1. The molecule has 0 radical (unpaired) electrons. The number of amides is 2. The summed E-state index contributed by atoms with van der Waals surface area (Å²) in [7, 11) is 2.67. The molecule has 0 aliphatic carbocycles. The smallest absolute Gasteiger partial charge is 0.343 e. The largest absolute Gasteiger partial charge is 0.497 e. The molecule has 0 bridgehead atoms. The fourth-order valence-electron chi connectivity index (χ4n) is 3.15. The lowest BCUT2D eigenvalue weighted by molar-refractivity contribution is -0.141. The molecule has 1 unspecified atom stereocenters. The van der Waals surface area contributed by atoms with Crippen LogP contribution in [0.5, 0.6) is 5.75 Å². The first-order valence-electron chi connectivity index (χ1n) is 8.31. The molecule has 2 aliphatic heterocycles. The highest BCUT2D eigenvalue weighted by atomic mass is 16.5. The Bertz CT molecular complexity index is 830. The Hall–Kier alpha value is -3.36. The highest BCUT2D eigenvalue weighted by Crippen LogP contribution is 2.28. The second-order valence-corrected chi connectivity index (χ2v) is 6.03. The molecule has 1 fully saturated rings. The van der Waals surface area contributed by atoms with Crippen molar-refractivity contribution in [3.8, 4) is 5.75 Å². The van der Waals surface area contributed by atoms with Crippen LogP contribution in [0.3, 0.4) is 0 Å². The molecule has 9 nitrogen and oxygen atoms in total. The van der Waals surface area contributed by atoms with E-state index in [9.17, 15) is 19.2 Å². The van der Waals surface area contributed by atoms with E-state index in [1.54, 1.807) is 24.3 Å². The average molecular weight is 373 g/mol. The van der Waals surface area contributed by atoms with E-state index in [0.717, 1.165) is 7.11 Å². The maximum atomic E-state index is 12.8. The van der Waals surface area contributed by atoms with Crippen LogP contribution in [0.1, 0.15) is 6.42 Å². The maximum absolute atomic E-state index is 12.8. The van der Waals surface area contributed by atoms with Gasteiger partial charge in [-0.05, 0) is 24.3 Å². The van der Waals surface area contributed by atoms with Gasteiger partial charge in [-0.3, -0.25) is 14.4 Å². The van der Waals surface area contributed by atoms with Gasteiger partial charge in [0.2, 0.25) is 5.91 Å². The second kappa shape index (κ2) is 7.48. The lowest BCUT2D eigenvalue weighted by Gasteiger charge is -2.40. The van der Waals surface area contributed by atoms with Gasteiger partial charge in [-0.1, -0.05) is 0 Å². The van der Waals surface area contributed by atoms with Gasteiger partial charge in [0, 0.05) is 25.2 Å². The standard InChI is InChI=1S/C18H19N3O6/c1-26-11-5-3-10(4-6-11)20-16(23)12-9-13(22)14(18(25)27-2)15-17(24)19-7-8-21(12)15/h3-6,12H,7-9H2,1-2H3,(H,19,24)(H,20,23). The summed E-state index contributed by atoms with van der Waals surface area (Å²) in [6.07, 6.45) is -0.219. The number of hydrogen-bond donors (Lipinski definition) is 2. The van der Waals surface area contributed by atoms with Gasteiger partial charge in [-0.2, -0.15) is 0 Å². The zero-order valence-corrected chi connectivity index (χ0v) is 14.9. The summed E-state index contributed by atoms with van der Waals surface area (Å²) in [5.41, 5.74) is 0.0985. The van der Waals surface area contributed by atoms with Crippen molar-refractivity contribution in [1.82, 2.24) is 10.2 Å². The maximum Gasteiger partial charge on any atom is 0.343 e. The number of hydrogen-bond acceptors (Lipinski definition) is 7. The number of fused-ring (bicyclic) bond motifs is 1. The Morgan fingerprint density at radius 1 is 1.19 bits per heavy atom. The number of carbonyl (C=O) groups is 4. The minimum Gasteiger partial charge on any atom is -0.497 e.